The van der Waals surface area contributed by atoms with Crippen molar-refractivity contribution < 1.29 is 28.4 Å². The quantitative estimate of drug-likeness (QED) is 0.761. The van der Waals surface area contributed by atoms with Crippen molar-refractivity contribution in [2.75, 3.05) is 11.4 Å². The molecular weight excluding hydrogens is 367 g/mol. The van der Waals surface area contributed by atoms with Crippen LogP contribution < -0.4 is 4.90 Å². The third-order valence-corrected chi connectivity index (χ3v) is 4.85. The van der Waals surface area contributed by atoms with E-state index in [1.807, 2.05) is 0 Å². The SMILES string of the molecule is Cc1cc(N2CC(C(=O)ON3C(=O)c4ccccc4C3=O)CC2=O)ccc1F. The number of halogens is 1. The fraction of sp³-hybridized carbons (Fsp3) is 0.200. The van der Waals surface area contributed by atoms with Gasteiger partial charge >= 0.3 is 5.97 Å². The first-order valence-electron chi connectivity index (χ1n) is 8.63. The molecule has 1 fully saturated rings. The Bertz CT molecular complexity index is 1000. The van der Waals surface area contributed by atoms with Gasteiger partial charge in [-0.3, -0.25) is 14.4 Å². The summed E-state index contributed by atoms with van der Waals surface area (Å²) >= 11 is 0. The second-order valence-electron chi connectivity index (χ2n) is 6.70. The van der Waals surface area contributed by atoms with Crippen molar-refractivity contribution in [1.29, 1.82) is 0 Å². The highest BCUT2D eigenvalue weighted by Crippen LogP contribution is 2.29. The molecule has 0 bridgehead atoms. The molecule has 8 heteroatoms. The van der Waals surface area contributed by atoms with Crippen molar-refractivity contribution in [3.8, 4) is 0 Å². The Balaban J connectivity index is 1.48. The number of anilines is 1. The van der Waals surface area contributed by atoms with Crippen LogP contribution in [0, 0.1) is 18.7 Å². The first-order valence-corrected chi connectivity index (χ1v) is 8.63. The van der Waals surface area contributed by atoms with Crippen LogP contribution in [0.4, 0.5) is 10.1 Å². The Morgan fingerprint density at radius 3 is 2.32 bits per heavy atom. The molecule has 3 amide bonds. The molecule has 1 atom stereocenters. The third-order valence-electron chi connectivity index (χ3n) is 4.85. The van der Waals surface area contributed by atoms with Crippen molar-refractivity contribution in [1.82, 2.24) is 5.06 Å². The van der Waals surface area contributed by atoms with Gasteiger partial charge < -0.3 is 9.74 Å². The molecule has 4 rings (SSSR count). The van der Waals surface area contributed by atoms with E-state index < -0.39 is 29.5 Å². The van der Waals surface area contributed by atoms with E-state index in [-0.39, 0.29) is 30.0 Å². The molecule has 0 radical (unpaired) electrons. The predicted octanol–water partition coefficient (Wildman–Crippen LogP) is 2.24. The molecule has 0 spiro atoms. The fourth-order valence-corrected chi connectivity index (χ4v) is 3.33. The molecule has 7 nitrogen and oxygen atoms in total. The zero-order chi connectivity index (χ0) is 20.0. The molecule has 2 aromatic rings. The molecule has 0 aliphatic carbocycles. The van der Waals surface area contributed by atoms with Crippen molar-refractivity contribution in [3.63, 3.8) is 0 Å². The summed E-state index contributed by atoms with van der Waals surface area (Å²) in [6, 6.07) is 10.4. The zero-order valence-corrected chi connectivity index (χ0v) is 14.8. The molecular formula is C20H15FN2O5. The van der Waals surface area contributed by atoms with Crippen LogP contribution >= 0.6 is 0 Å². The summed E-state index contributed by atoms with van der Waals surface area (Å²) in [5.41, 5.74) is 1.17. The summed E-state index contributed by atoms with van der Waals surface area (Å²) in [6.07, 6.45) is -0.127. The minimum Gasteiger partial charge on any atom is -0.329 e. The standard InChI is InChI=1S/C20H15FN2O5/c1-11-8-13(6-7-16(11)21)22-10-12(9-17(22)24)20(27)28-23-18(25)14-4-2-3-5-15(14)19(23)26/h2-8,12H,9-10H2,1H3. The average molecular weight is 382 g/mol. The molecule has 1 saturated heterocycles. The highest BCUT2D eigenvalue weighted by Gasteiger charge is 2.42. The molecule has 2 heterocycles. The Morgan fingerprint density at radius 2 is 1.71 bits per heavy atom. The Kier molecular flexibility index (Phi) is 4.18. The third kappa shape index (κ3) is 2.83. The number of rotatable bonds is 3. The van der Waals surface area contributed by atoms with Gasteiger partial charge in [-0.05, 0) is 42.8 Å². The summed E-state index contributed by atoms with van der Waals surface area (Å²) in [6.45, 7) is 1.60. The summed E-state index contributed by atoms with van der Waals surface area (Å²) in [5.74, 6) is -3.84. The number of hydroxylamine groups is 2. The van der Waals surface area contributed by atoms with Crippen LogP contribution in [0.15, 0.2) is 42.5 Å². The van der Waals surface area contributed by atoms with Crippen LogP contribution in [0.1, 0.15) is 32.7 Å². The molecule has 0 saturated carbocycles. The van der Waals surface area contributed by atoms with Gasteiger partial charge in [0.2, 0.25) is 5.91 Å². The lowest BCUT2D eigenvalue weighted by Gasteiger charge is -2.18. The number of carbonyl (C=O) groups excluding carboxylic acids is 4. The second-order valence-corrected chi connectivity index (χ2v) is 6.70. The van der Waals surface area contributed by atoms with E-state index in [2.05, 4.69) is 0 Å². The smallest absolute Gasteiger partial charge is 0.329 e. The van der Waals surface area contributed by atoms with Crippen LogP contribution in [-0.4, -0.2) is 35.3 Å². The highest BCUT2D eigenvalue weighted by atomic mass is 19.1. The first-order chi connectivity index (χ1) is 13.4. The monoisotopic (exact) mass is 382 g/mol. The van der Waals surface area contributed by atoms with E-state index in [1.54, 1.807) is 19.1 Å². The van der Waals surface area contributed by atoms with Crippen LogP contribution in [-0.2, 0) is 14.4 Å². The van der Waals surface area contributed by atoms with Gasteiger partial charge in [0, 0.05) is 18.7 Å². The van der Waals surface area contributed by atoms with E-state index in [0.29, 0.717) is 16.3 Å². The number of benzene rings is 2. The van der Waals surface area contributed by atoms with Crippen LogP contribution in [0.5, 0.6) is 0 Å². The van der Waals surface area contributed by atoms with Gasteiger partial charge in [-0.2, -0.15) is 0 Å². The summed E-state index contributed by atoms with van der Waals surface area (Å²) in [7, 11) is 0. The van der Waals surface area contributed by atoms with Gasteiger partial charge in [-0.25, -0.2) is 9.18 Å². The van der Waals surface area contributed by atoms with Crippen LogP contribution in [0.25, 0.3) is 0 Å². The van der Waals surface area contributed by atoms with Gasteiger partial charge in [-0.1, -0.05) is 17.2 Å². The maximum atomic E-state index is 13.5. The van der Waals surface area contributed by atoms with Crippen molar-refractivity contribution in [3.05, 3.63) is 65.0 Å². The van der Waals surface area contributed by atoms with E-state index in [4.69, 9.17) is 4.84 Å². The van der Waals surface area contributed by atoms with Gasteiger partial charge in [0.25, 0.3) is 11.8 Å². The minimum atomic E-state index is -0.845. The van der Waals surface area contributed by atoms with Crippen LogP contribution in [0.3, 0.4) is 0 Å². The molecule has 0 N–H and O–H groups in total. The van der Waals surface area contributed by atoms with E-state index in [0.717, 1.165) is 0 Å². The van der Waals surface area contributed by atoms with Crippen molar-refractivity contribution in [2.45, 2.75) is 13.3 Å². The number of fused-ring (bicyclic) bond motifs is 1. The second kappa shape index (κ2) is 6.56. The molecule has 2 aliphatic heterocycles. The van der Waals surface area contributed by atoms with Gasteiger partial charge in [0.05, 0.1) is 17.0 Å². The Hall–Kier alpha value is -3.55. The minimum absolute atomic E-state index is 0.0198. The summed E-state index contributed by atoms with van der Waals surface area (Å²) < 4.78 is 13.5. The molecule has 2 aliphatic rings. The summed E-state index contributed by atoms with van der Waals surface area (Å²) in [5, 5.41) is 0.433. The Labute approximate surface area is 159 Å². The lowest BCUT2D eigenvalue weighted by Crippen LogP contribution is -2.36. The number of amides is 3. The average Bonchev–Trinajstić information content (AvgIpc) is 3.18. The van der Waals surface area contributed by atoms with Crippen molar-refractivity contribution in [2.24, 2.45) is 5.92 Å². The summed E-state index contributed by atoms with van der Waals surface area (Å²) in [4.78, 5) is 55.8. The maximum Gasteiger partial charge on any atom is 0.338 e. The van der Waals surface area contributed by atoms with Gasteiger partial charge in [-0.15, -0.1) is 0 Å². The number of nitrogens with zero attached hydrogens (tertiary/aromatic N) is 2. The molecule has 1 unspecified atom stereocenters. The lowest BCUT2D eigenvalue weighted by molar-refractivity contribution is -0.173. The Morgan fingerprint density at radius 1 is 1.07 bits per heavy atom. The number of imide groups is 1. The van der Waals surface area contributed by atoms with Gasteiger partial charge in [0.1, 0.15) is 5.82 Å². The lowest BCUT2D eigenvalue weighted by atomic mass is 10.1. The molecule has 0 aromatic heterocycles. The largest absolute Gasteiger partial charge is 0.338 e. The number of aryl methyl sites for hydroxylation is 1. The zero-order valence-electron chi connectivity index (χ0n) is 14.8. The highest BCUT2D eigenvalue weighted by molar-refractivity contribution is 6.21. The predicted molar refractivity (Wildman–Crippen MR) is 94.6 cm³/mol. The first kappa shape index (κ1) is 17.8. The van der Waals surface area contributed by atoms with E-state index in [1.165, 1.54) is 35.2 Å². The number of hydrogen-bond acceptors (Lipinski definition) is 5. The molecule has 142 valence electrons. The normalized spacial score (nSPS) is 18.6. The molecule has 28 heavy (non-hydrogen) atoms. The number of carbonyl (C=O) groups is 4. The fourth-order valence-electron chi connectivity index (χ4n) is 3.33. The van der Waals surface area contributed by atoms with Crippen LogP contribution in [0.2, 0.25) is 0 Å². The van der Waals surface area contributed by atoms with Gasteiger partial charge in [0.15, 0.2) is 0 Å². The topological polar surface area (TPSA) is 84.0 Å². The van der Waals surface area contributed by atoms with Crippen molar-refractivity contribution >= 4 is 29.4 Å². The van der Waals surface area contributed by atoms with E-state index in [9.17, 15) is 23.6 Å². The molecule has 2 aromatic carbocycles. The maximum absolute atomic E-state index is 13.5. The number of hydrogen-bond donors (Lipinski definition) is 0. The van der Waals surface area contributed by atoms with E-state index >= 15 is 0 Å².